The van der Waals surface area contributed by atoms with Crippen LogP contribution in [0.5, 0.6) is 0 Å². The largest absolute Gasteiger partial charge is 0.345 e. The van der Waals surface area contributed by atoms with E-state index in [0.29, 0.717) is 17.3 Å². The molecular weight excluding hydrogens is 328 g/mol. The van der Waals surface area contributed by atoms with Gasteiger partial charge in [-0.2, -0.15) is 0 Å². The van der Waals surface area contributed by atoms with E-state index in [0.717, 1.165) is 10.0 Å². The molecular formula is C14H14BrClN2O. The molecule has 3 nitrogen and oxygen atoms in total. The van der Waals surface area contributed by atoms with Crippen molar-refractivity contribution in [2.75, 3.05) is 7.05 Å². The van der Waals surface area contributed by atoms with E-state index in [1.165, 1.54) is 0 Å². The SMILES string of the molecule is CN(Cc1cccc(Cl)c1)C(=O)c1cc(Br)cn1C. The van der Waals surface area contributed by atoms with Crippen molar-refractivity contribution in [2.24, 2.45) is 7.05 Å². The summed E-state index contributed by atoms with van der Waals surface area (Å²) in [7, 11) is 3.63. The van der Waals surface area contributed by atoms with E-state index in [-0.39, 0.29) is 5.91 Å². The number of carbonyl (C=O) groups is 1. The zero-order valence-corrected chi connectivity index (χ0v) is 13.1. The van der Waals surface area contributed by atoms with Gasteiger partial charge in [-0.3, -0.25) is 4.79 Å². The lowest BCUT2D eigenvalue weighted by Crippen LogP contribution is -2.27. The Labute approximate surface area is 125 Å². The molecule has 0 atom stereocenters. The van der Waals surface area contributed by atoms with Crippen molar-refractivity contribution in [3.05, 3.63) is 57.3 Å². The molecule has 1 amide bonds. The van der Waals surface area contributed by atoms with Crippen molar-refractivity contribution in [3.8, 4) is 0 Å². The molecule has 0 spiro atoms. The van der Waals surface area contributed by atoms with E-state index in [2.05, 4.69) is 15.9 Å². The van der Waals surface area contributed by atoms with E-state index >= 15 is 0 Å². The number of hydrogen-bond acceptors (Lipinski definition) is 1. The van der Waals surface area contributed by atoms with Gasteiger partial charge < -0.3 is 9.47 Å². The number of amides is 1. The second-order valence-electron chi connectivity index (χ2n) is 4.45. The summed E-state index contributed by atoms with van der Waals surface area (Å²) in [5.41, 5.74) is 1.66. The van der Waals surface area contributed by atoms with Gasteiger partial charge in [-0.05, 0) is 39.7 Å². The van der Waals surface area contributed by atoms with Crippen molar-refractivity contribution >= 4 is 33.4 Å². The molecule has 0 unspecified atom stereocenters. The molecule has 0 saturated carbocycles. The Hall–Kier alpha value is -1.26. The predicted molar refractivity (Wildman–Crippen MR) is 80.4 cm³/mol. The number of aromatic nitrogens is 1. The number of rotatable bonds is 3. The highest BCUT2D eigenvalue weighted by Gasteiger charge is 2.16. The van der Waals surface area contributed by atoms with Crippen LogP contribution in [-0.4, -0.2) is 22.4 Å². The van der Waals surface area contributed by atoms with Crippen LogP contribution in [0, 0.1) is 0 Å². The van der Waals surface area contributed by atoms with Crippen LogP contribution in [0.3, 0.4) is 0 Å². The van der Waals surface area contributed by atoms with E-state index in [4.69, 9.17) is 11.6 Å². The number of benzene rings is 1. The first-order valence-electron chi connectivity index (χ1n) is 5.79. The molecule has 2 rings (SSSR count). The average molecular weight is 342 g/mol. The van der Waals surface area contributed by atoms with Crippen LogP contribution < -0.4 is 0 Å². The molecule has 0 saturated heterocycles. The van der Waals surface area contributed by atoms with Gasteiger partial charge in [0.05, 0.1) is 0 Å². The van der Waals surface area contributed by atoms with Crippen LogP contribution in [0.15, 0.2) is 41.0 Å². The Morgan fingerprint density at radius 1 is 1.42 bits per heavy atom. The third-order valence-electron chi connectivity index (χ3n) is 2.85. The quantitative estimate of drug-likeness (QED) is 0.835. The average Bonchev–Trinajstić information content (AvgIpc) is 2.67. The molecule has 100 valence electrons. The summed E-state index contributed by atoms with van der Waals surface area (Å²) in [5.74, 6) is -0.0202. The van der Waals surface area contributed by atoms with Crippen molar-refractivity contribution in [3.63, 3.8) is 0 Å². The van der Waals surface area contributed by atoms with Gasteiger partial charge in [-0.25, -0.2) is 0 Å². The lowest BCUT2D eigenvalue weighted by molar-refractivity contribution is 0.0775. The molecule has 0 fully saturated rings. The Balaban J connectivity index is 2.14. The first kappa shape index (κ1) is 14.2. The highest BCUT2D eigenvalue weighted by atomic mass is 79.9. The molecule has 0 aliphatic carbocycles. The van der Waals surface area contributed by atoms with Crippen molar-refractivity contribution in [1.29, 1.82) is 0 Å². The van der Waals surface area contributed by atoms with Crippen LogP contribution in [0.2, 0.25) is 5.02 Å². The third-order valence-corrected chi connectivity index (χ3v) is 3.51. The van der Waals surface area contributed by atoms with Gasteiger partial charge in [-0.1, -0.05) is 23.7 Å². The summed E-state index contributed by atoms with van der Waals surface area (Å²) in [6, 6.07) is 9.34. The van der Waals surface area contributed by atoms with Gasteiger partial charge in [0.2, 0.25) is 0 Å². The van der Waals surface area contributed by atoms with E-state index < -0.39 is 0 Å². The molecule has 1 aromatic heterocycles. The lowest BCUT2D eigenvalue weighted by Gasteiger charge is -2.17. The van der Waals surface area contributed by atoms with E-state index in [1.807, 2.05) is 43.6 Å². The number of carbonyl (C=O) groups excluding carboxylic acids is 1. The smallest absolute Gasteiger partial charge is 0.270 e. The number of nitrogens with zero attached hydrogens (tertiary/aromatic N) is 2. The standard InChI is InChI=1S/C14H14BrClN2O/c1-17-9-11(15)7-13(17)14(19)18(2)8-10-4-3-5-12(16)6-10/h3-7,9H,8H2,1-2H3. The molecule has 0 bridgehead atoms. The molecule has 0 radical (unpaired) electrons. The van der Waals surface area contributed by atoms with Crippen LogP contribution in [0.4, 0.5) is 0 Å². The predicted octanol–water partition coefficient (Wildman–Crippen LogP) is 3.71. The minimum Gasteiger partial charge on any atom is -0.345 e. The Kier molecular flexibility index (Phi) is 4.32. The van der Waals surface area contributed by atoms with Crippen LogP contribution in [0.1, 0.15) is 16.1 Å². The summed E-state index contributed by atoms with van der Waals surface area (Å²) >= 11 is 9.31. The Morgan fingerprint density at radius 2 is 2.16 bits per heavy atom. The van der Waals surface area contributed by atoms with E-state index in [1.54, 1.807) is 16.5 Å². The Bertz CT molecular complexity index is 609. The molecule has 19 heavy (non-hydrogen) atoms. The minimum atomic E-state index is -0.0202. The van der Waals surface area contributed by atoms with Crippen molar-refractivity contribution < 1.29 is 4.79 Å². The number of halogens is 2. The minimum absolute atomic E-state index is 0.0202. The zero-order valence-electron chi connectivity index (χ0n) is 10.7. The van der Waals surface area contributed by atoms with Gasteiger partial charge in [0.1, 0.15) is 5.69 Å². The monoisotopic (exact) mass is 340 g/mol. The molecule has 0 N–H and O–H groups in total. The van der Waals surface area contributed by atoms with Crippen molar-refractivity contribution in [1.82, 2.24) is 9.47 Å². The summed E-state index contributed by atoms with van der Waals surface area (Å²) in [6.45, 7) is 0.530. The zero-order chi connectivity index (χ0) is 14.0. The normalized spacial score (nSPS) is 10.5. The molecule has 1 heterocycles. The molecule has 0 aliphatic heterocycles. The first-order valence-corrected chi connectivity index (χ1v) is 6.96. The van der Waals surface area contributed by atoms with Crippen molar-refractivity contribution in [2.45, 2.75) is 6.54 Å². The summed E-state index contributed by atoms with van der Waals surface area (Å²) in [5, 5.41) is 0.681. The maximum atomic E-state index is 12.3. The molecule has 1 aromatic carbocycles. The van der Waals surface area contributed by atoms with Crippen LogP contribution in [-0.2, 0) is 13.6 Å². The van der Waals surface area contributed by atoms with Gasteiger partial charge >= 0.3 is 0 Å². The van der Waals surface area contributed by atoms with Gasteiger partial charge in [0.25, 0.3) is 5.91 Å². The summed E-state index contributed by atoms with van der Waals surface area (Å²) < 4.78 is 2.70. The maximum Gasteiger partial charge on any atom is 0.270 e. The fourth-order valence-corrected chi connectivity index (χ4v) is 2.65. The fraction of sp³-hybridized carbons (Fsp3) is 0.214. The number of aryl methyl sites for hydroxylation is 1. The summed E-state index contributed by atoms with van der Waals surface area (Å²) in [4.78, 5) is 14.0. The Morgan fingerprint density at radius 3 is 2.74 bits per heavy atom. The first-order chi connectivity index (χ1) is 8.97. The molecule has 0 aliphatic rings. The topological polar surface area (TPSA) is 25.2 Å². The highest BCUT2D eigenvalue weighted by Crippen LogP contribution is 2.17. The van der Waals surface area contributed by atoms with E-state index in [9.17, 15) is 4.79 Å². The molecule has 5 heteroatoms. The fourth-order valence-electron chi connectivity index (χ4n) is 1.91. The second-order valence-corrected chi connectivity index (χ2v) is 5.80. The number of hydrogen-bond donors (Lipinski definition) is 0. The molecule has 2 aromatic rings. The lowest BCUT2D eigenvalue weighted by atomic mass is 10.2. The van der Waals surface area contributed by atoms with Crippen LogP contribution >= 0.6 is 27.5 Å². The van der Waals surface area contributed by atoms with Gasteiger partial charge in [-0.15, -0.1) is 0 Å². The van der Waals surface area contributed by atoms with Gasteiger partial charge in [0.15, 0.2) is 0 Å². The second kappa shape index (κ2) is 5.80. The van der Waals surface area contributed by atoms with Gasteiger partial charge in [0, 0.05) is 36.3 Å². The van der Waals surface area contributed by atoms with Crippen LogP contribution in [0.25, 0.3) is 0 Å². The highest BCUT2D eigenvalue weighted by molar-refractivity contribution is 9.10. The third kappa shape index (κ3) is 3.39. The summed E-state index contributed by atoms with van der Waals surface area (Å²) in [6.07, 6.45) is 1.86. The maximum absolute atomic E-state index is 12.3.